The number of halogens is 1. The molecule has 2 aromatic carbocycles. The zero-order chi connectivity index (χ0) is 19.4. The van der Waals surface area contributed by atoms with Crippen molar-refractivity contribution in [3.63, 3.8) is 0 Å². The highest BCUT2D eigenvalue weighted by atomic mass is 35.5. The number of amides is 1. The van der Waals surface area contributed by atoms with E-state index in [1.807, 2.05) is 44.2 Å². The molecule has 1 heterocycles. The molecule has 0 saturated heterocycles. The van der Waals surface area contributed by atoms with Crippen LogP contribution in [-0.2, 0) is 11.3 Å². The number of nitrogens with one attached hydrogen (secondary N) is 2. The molecule has 140 valence electrons. The van der Waals surface area contributed by atoms with Crippen LogP contribution in [0.2, 0.25) is 5.02 Å². The molecular weight excluding hydrogens is 362 g/mol. The highest BCUT2D eigenvalue weighted by Crippen LogP contribution is 2.34. The van der Waals surface area contributed by atoms with Crippen molar-refractivity contribution in [2.24, 2.45) is 0 Å². The number of aromatic nitrogens is 2. The number of phenols is 1. The smallest absolute Gasteiger partial charge is 0.221 e. The van der Waals surface area contributed by atoms with Crippen LogP contribution < -0.4 is 5.32 Å². The summed E-state index contributed by atoms with van der Waals surface area (Å²) in [4.78, 5) is 12.7. The van der Waals surface area contributed by atoms with E-state index in [0.717, 1.165) is 22.5 Å². The molecule has 1 atom stereocenters. The lowest BCUT2D eigenvalue weighted by Crippen LogP contribution is -2.25. The van der Waals surface area contributed by atoms with Gasteiger partial charge in [0.15, 0.2) is 0 Å². The summed E-state index contributed by atoms with van der Waals surface area (Å²) in [5.41, 5.74) is 4.39. The van der Waals surface area contributed by atoms with Gasteiger partial charge in [0.1, 0.15) is 5.75 Å². The minimum Gasteiger partial charge on any atom is -0.508 e. The van der Waals surface area contributed by atoms with Gasteiger partial charge in [0, 0.05) is 40.7 Å². The molecule has 0 spiro atoms. The Labute approximate surface area is 163 Å². The van der Waals surface area contributed by atoms with Gasteiger partial charge in [0.05, 0.1) is 5.69 Å². The largest absolute Gasteiger partial charge is 0.508 e. The second kappa shape index (κ2) is 8.27. The molecule has 5 nitrogen and oxygen atoms in total. The van der Waals surface area contributed by atoms with Gasteiger partial charge < -0.3 is 10.4 Å². The van der Waals surface area contributed by atoms with Crippen LogP contribution in [0.5, 0.6) is 5.75 Å². The van der Waals surface area contributed by atoms with E-state index in [1.165, 1.54) is 0 Å². The summed E-state index contributed by atoms with van der Waals surface area (Å²) in [6, 6.07) is 14.5. The van der Waals surface area contributed by atoms with Crippen molar-refractivity contribution in [3.8, 4) is 5.75 Å². The molecule has 1 aromatic heterocycles. The first-order chi connectivity index (χ1) is 13.0. The molecule has 0 bridgehead atoms. The van der Waals surface area contributed by atoms with Gasteiger partial charge in [-0.25, -0.2) is 0 Å². The van der Waals surface area contributed by atoms with Crippen LogP contribution >= 0.6 is 11.6 Å². The first kappa shape index (κ1) is 19.0. The second-order valence-corrected chi connectivity index (χ2v) is 7.00. The fourth-order valence-electron chi connectivity index (χ4n) is 3.19. The number of hydrogen-bond donors (Lipinski definition) is 3. The van der Waals surface area contributed by atoms with Crippen molar-refractivity contribution in [1.82, 2.24) is 15.5 Å². The summed E-state index contributed by atoms with van der Waals surface area (Å²) in [7, 11) is 0. The van der Waals surface area contributed by atoms with Crippen LogP contribution in [0.4, 0.5) is 0 Å². The van der Waals surface area contributed by atoms with Crippen LogP contribution in [-0.4, -0.2) is 21.2 Å². The van der Waals surface area contributed by atoms with E-state index in [9.17, 15) is 9.90 Å². The van der Waals surface area contributed by atoms with E-state index in [0.29, 0.717) is 17.1 Å². The number of nitrogens with zero attached hydrogens (tertiary/aromatic N) is 1. The van der Waals surface area contributed by atoms with E-state index in [-0.39, 0.29) is 24.0 Å². The minimum absolute atomic E-state index is 0.108. The van der Waals surface area contributed by atoms with Crippen LogP contribution in [0.1, 0.15) is 40.4 Å². The second-order valence-electron chi connectivity index (χ2n) is 6.56. The van der Waals surface area contributed by atoms with Gasteiger partial charge in [-0.2, -0.15) is 5.10 Å². The number of phenolic OH excluding ortho intramolecular Hbond substituents is 1. The third-order valence-electron chi connectivity index (χ3n) is 4.70. The number of aryl methyl sites for hydroxylation is 2. The van der Waals surface area contributed by atoms with Crippen LogP contribution in [0, 0.1) is 13.8 Å². The lowest BCUT2D eigenvalue weighted by atomic mass is 9.87. The third kappa shape index (κ3) is 4.49. The number of carbonyl (C=O) groups is 1. The fraction of sp³-hybridized carbons (Fsp3) is 0.238. The average Bonchev–Trinajstić information content (AvgIpc) is 2.96. The van der Waals surface area contributed by atoms with Crippen LogP contribution in [0.3, 0.4) is 0 Å². The van der Waals surface area contributed by atoms with Gasteiger partial charge in [-0.05, 0) is 37.6 Å². The number of para-hydroxylation sites is 1. The standard InChI is InChI=1S/C21H22ClN3O2/c1-13-19(14(2)25-24-13)12-23-21(27)11-18(15-6-5-7-16(22)10-15)17-8-3-4-9-20(17)26/h3-10,18,26H,11-12H2,1-2H3,(H,23,27)(H,24,25)/t18-/m1/s1. The summed E-state index contributed by atoms with van der Waals surface area (Å²) in [6.45, 7) is 4.25. The maximum Gasteiger partial charge on any atom is 0.221 e. The normalized spacial score (nSPS) is 12.0. The van der Waals surface area contributed by atoms with Crippen molar-refractivity contribution >= 4 is 17.5 Å². The quantitative estimate of drug-likeness (QED) is 0.596. The summed E-state index contributed by atoms with van der Waals surface area (Å²) in [6.07, 6.45) is 0.202. The van der Waals surface area contributed by atoms with Crippen molar-refractivity contribution in [1.29, 1.82) is 0 Å². The number of benzene rings is 2. The lowest BCUT2D eigenvalue weighted by molar-refractivity contribution is -0.121. The maximum absolute atomic E-state index is 12.7. The van der Waals surface area contributed by atoms with E-state index in [1.54, 1.807) is 18.2 Å². The SMILES string of the molecule is Cc1n[nH]c(C)c1CNC(=O)C[C@H](c1cccc(Cl)c1)c1ccccc1O. The van der Waals surface area contributed by atoms with Gasteiger partial charge in [-0.1, -0.05) is 41.9 Å². The first-order valence-corrected chi connectivity index (χ1v) is 9.14. The molecule has 3 N–H and O–H groups in total. The van der Waals surface area contributed by atoms with E-state index >= 15 is 0 Å². The Hall–Kier alpha value is -2.79. The molecule has 27 heavy (non-hydrogen) atoms. The van der Waals surface area contributed by atoms with Crippen molar-refractivity contribution < 1.29 is 9.90 Å². The minimum atomic E-state index is -0.295. The Kier molecular flexibility index (Phi) is 5.81. The highest BCUT2D eigenvalue weighted by molar-refractivity contribution is 6.30. The molecule has 0 saturated carbocycles. The number of H-pyrrole nitrogens is 1. The Balaban J connectivity index is 1.81. The number of carbonyl (C=O) groups excluding carboxylic acids is 1. The zero-order valence-corrected chi connectivity index (χ0v) is 16.0. The monoisotopic (exact) mass is 383 g/mol. The maximum atomic E-state index is 12.7. The van der Waals surface area contributed by atoms with Gasteiger partial charge in [0.2, 0.25) is 5.91 Å². The van der Waals surface area contributed by atoms with E-state index in [4.69, 9.17) is 11.6 Å². The van der Waals surface area contributed by atoms with Crippen molar-refractivity contribution in [2.45, 2.75) is 32.7 Å². The molecular formula is C21H22ClN3O2. The first-order valence-electron chi connectivity index (χ1n) is 8.76. The van der Waals surface area contributed by atoms with E-state index < -0.39 is 0 Å². The molecule has 0 aliphatic rings. The number of rotatable bonds is 6. The number of aromatic hydroxyl groups is 1. The topological polar surface area (TPSA) is 78.0 Å². The summed E-state index contributed by atoms with van der Waals surface area (Å²) >= 11 is 6.14. The Bertz CT molecular complexity index is 933. The van der Waals surface area contributed by atoms with Crippen molar-refractivity contribution in [2.75, 3.05) is 0 Å². The molecule has 0 aliphatic carbocycles. The number of hydrogen-bond acceptors (Lipinski definition) is 3. The van der Waals surface area contributed by atoms with Gasteiger partial charge >= 0.3 is 0 Å². The molecule has 0 radical (unpaired) electrons. The Morgan fingerprint density at radius 1 is 1.22 bits per heavy atom. The molecule has 0 unspecified atom stereocenters. The Morgan fingerprint density at radius 3 is 2.67 bits per heavy atom. The number of aromatic amines is 1. The average molecular weight is 384 g/mol. The van der Waals surface area contributed by atoms with Gasteiger partial charge in [-0.3, -0.25) is 9.89 Å². The van der Waals surface area contributed by atoms with Crippen molar-refractivity contribution in [3.05, 3.63) is 81.6 Å². The molecule has 6 heteroatoms. The molecule has 3 aromatic rings. The third-order valence-corrected chi connectivity index (χ3v) is 4.93. The highest BCUT2D eigenvalue weighted by Gasteiger charge is 2.21. The zero-order valence-electron chi connectivity index (χ0n) is 15.3. The van der Waals surface area contributed by atoms with Crippen LogP contribution in [0.15, 0.2) is 48.5 Å². The lowest BCUT2D eigenvalue weighted by Gasteiger charge is -2.19. The van der Waals surface area contributed by atoms with Gasteiger partial charge in [-0.15, -0.1) is 0 Å². The summed E-state index contributed by atoms with van der Waals surface area (Å²) in [5, 5.41) is 20.9. The van der Waals surface area contributed by atoms with E-state index in [2.05, 4.69) is 15.5 Å². The molecule has 0 fully saturated rings. The predicted molar refractivity (Wildman–Crippen MR) is 106 cm³/mol. The van der Waals surface area contributed by atoms with Crippen LogP contribution in [0.25, 0.3) is 0 Å². The Morgan fingerprint density at radius 2 is 2.00 bits per heavy atom. The summed E-state index contributed by atoms with van der Waals surface area (Å²) < 4.78 is 0. The molecule has 0 aliphatic heterocycles. The summed E-state index contributed by atoms with van der Waals surface area (Å²) in [5.74, 6) is -0.239. The molecule has 1 amide bonds. The molecule has 3 rings (SSSR count). The fourth-order valence-corrected chi connectivity index (χ4v) is 3.39. The van der Waals surface area contributed by atoms with Gasteiger partial charge in [0.25, 0.3) is 0 Å². The predicted octanol–water partition coefficient (Wildman–Crippen LogP) is 4.22.